The zero-order valence-corrected chi connectivity index (χ0v) is 12.6. The van der Waals surface area contributed by atoms with Gasteiger partial charge in [-0.25, -0.2) is 0 Å². The molecule has 0 saturated heterocycles. The monoisotopic (exact) mass is 303 g/mol. The van der Waals surface area contributed by atoms with Gasteiger partial charge in [-0.3, -0.25) is 4.68 Å². The van der Waals surface area contributed by atoms with Crippen molar-refractivity contribution in [3.05, 3.63) is 15.9 Å². The maximum atomic E-state index is 8.99. The SMILES string of the molecule is CCn1nc(C)c(Br)c1CNC(C)(C)CCO. The first-order valence-electron chi connectivity index (χ1n) is 5.99. The fraction of sp³-hybridized carbons (Fsp3) is 0.750. The first kappa shape index (κ1) is 14.7. The van der Waals surface area contributed by atoms with Crippen molar-refractivity contribution < 1.29 is 5.11 Å². The van der Waals surface area contributed by atoms with Gasteiger partial charge in [-0.1, -0.05) is 0 Å². The molecule has 0 bridgehead atoms. The van der Waals surface area contributed by atoms with Crippen molar-refractivity contribution in [2.24, 2.45) is 0 Å². The Morgan fingerprint density at radius 3 is 2.65 bits per heavy atom. The molecule has 5 heteroatoms. The van der Waals surface area contributed by atoms with E-state index in [1.807, 2.05) is 11.6 Å². The van der Waals surface area contributed by atoms with Crippen LogP contribution in [-0.2, 0) is 13.1 Å². The summed E-state index contributed by atoms with van der Waals surface area (Å²) in [5.41, 5.74) is 2.12. The molecule has 0 amide bonds. The molecule has 17 heavy (non-hydrogen) atoms. The summed E-state index contributed by atoms with van der Waals surface area (Å²) >= 11 is 3.58. The maximum Gasteiger partial charge on any atom is 0.0739 e. The predicted octanol–water partition coefficient (Wildman–Crippen LogP) is 2.22. The van der Waals surface area contributed by atoms with Crippen LogP contribution in [0.3, 0.4) is 0 Å². The highest BCUT2D eigenvalue weighted by Crippen LogP contribution is 2.21. The summed E-state index contributed by atoms with van der Waals surface area (Å²) in [6, 6.07) is 0. The number of hydrogen-bond donors (Lipinski definition) is 2. The Morgan fingerprint density at radius 1 is 1.47 bits per heavy atom. The molecule has 98 valence electrons. The Balaban J connectivity index is 2.75. The van der Waals surface area contributed by atoms with Gasteiger partial charge in [0.1, 0.15) is 0 Å². The van der Waals surface area contributed by atoms with Crippen LogP contribution in [0.15, 0.2) is 4.47 Å². The second-order valence-corrected chi connectivity index (χ2v) is 5.67. The molecule has 0 saturated carbocycles. The molecule has 2 N–H and O–H groups in total. The van der Waals surface area contributed by atoms with Gasteiger partial charge in [0.05, 0.1) is 15.9 Å². The Kier molecular flexibility index (Phi) is 5.16. The Hall–Kier alpha value is -0.390. The zero-order valence-electron chi connectivity index (χ0n) is 11.0. The zero-order chi connectivity index (χ0) is 13.1. The van der Waals surface area contributed by atoms with E-state index in [2.05, 4.69) is 47.1 Å². The average molecular weight is 304 g/mol. The van der Waals surface area contributed by atoms with Crippen molar-refractivity contribution >= 4 is 15.9 Å². The van der Waals surface area contributed by atoms with Crippen molar-refractivity contribution in [1.82, 2.24) is 15.1 Å². The second kappa shape index (κ2) is 5.98. The van der Waals surface area contributed by atoms with Crippen LogP contribution >= 0.6 is 15.9 Å². The summed E-state index contributed by atoms with van der Waals surface area (Å²) in [4.78, 5) is 0. The van der Waals surface area contributed by atoms with E-state index in [9.17, 15) is 0 Å². The Bertz CT molecular complexity index is 374. The molecule has 0 aliphatic rings. The van der Waals surface area contributed by atoms with E-state index in [0.29, 0.717) is 0 Å². The minimum Gasteiger partial charge on any atom is -0.396 e. The number of nitrogens with one attached hydrogen (secondary N) is 1. The number of aromatic nitrogens is 2. The summed E-state index contributed by atoms with van der Waals surface area (Å²) in [6.45, 7) is 10.1. The van der Waals surface area contributed by atoms with E-state index in [1.165, 1.54) is 0 Å². The highest BCUT2D eigenvalue weighted by molar-refractivity contribution is 9.10. The summed E-state index contributed by atoms with van der Waals surface area (Å²) in [5, 5.41) is 16.9. The van der Waals surface area contributed by atoms with Gasteiger partial charge in [-0.15, -0.1) is 0 Å². The van der Waals surface area contributed by atoms with Gasteiger partial charge in [-0.05, 0) is 50.0 Å². The molecule has 1 heterocycles. The molecule has 1 rings (SSSR count). The molecular weight excluding hydrogens is 282 g/mol. The van der Waals surface area contributed by atoms with E-state index in [1.54, 1.807) is 0 Å². The van der Waals surface area contributed by atoms with E-state index >= 15 is 0 Å². The first-order chi connectivity index (χ1) is 7.91. The van der Waals surface area contributed by atoms with Crippen LogP contribution in [-0.4, -0.2) is 27.0 Å². The van der Waals surface area contributed by atoms with Crippen LogP contribution in [0.4, 0.5) is 0 Å². The standard InChI is InChI=1S/C12H22BrN3O/c1-5-16-10(11(13)9(2)15-16)8-14-12(3,4)6-7-17/h14,17H,5-8H2,1-4H3. The third kappa shape index (κ3) is 3.79. The van der Waals surface area contributed by atoms with Crippen molar-refractivity contribution in [1.29, 1.82) is 0 Å². The van der Waals surface area contributed by atoms with Crippen LogP contribution in [0.1, 0.15) is 38.6 Å². The average Bonchev–Trinajstić information content (AvgIpc) is 2.52. The van der Waals surface area contributed by atoms with Gasteiger partial charge < -0.3 is 10.4 Å². The molecule has 0 fully saturated rings. The molecule has 1 aromatic rings. The normalized spacial score (nSPS) is 12.1. The van der Waals surface area contributed by atoms with Gasteiger partial charge in [0, 0.05) is 25.2 Å². The Labute approximate surface area is 112 Å². The quantitative estimate of drug-likeness (QED) is 0.847. The molecule has 0 aliphatic heterocycles. The van der Waals surface area contributed by atoms with Crippen molar-refractivity contribution in [2.75, 3.05) is 6.61 Å². The molecule has 0 radical (unpaired) electrons. The number of aryl methyl sites for hydroxylation is 2. The number of aliphatic hydroxyl groups is 1. The van der Waals surface area contributed by atoms with Crippen LogP contribution in [0, 0.1) is 6.92 Å². The number of nitrogens with zero attached hydrogens (tertiary/aromatic N) is 2. The van der Waals surface area contributed by atoms with Crippen LogP contribution in [0.25, 0.3) is 0 Å². The van der Waals surface area contributed by atoms with Crippen LogP contribution in [0.5, 0.6) is 0 Å². The lowest BCUT2D eigenvalue weighted by atomic mass is 10.0. The topological polar surface area (TPSA) is 50.1 Å². The minimum absolute atomic E-state index is 0.0645. The highest BCUT2D eigenvalue weighted by Gasteiger charge is 2.19. The number of hydrogen-bond acceptors (Lipinski definition) is 3. The molecule has 1 aromatic heterocycles. The molecule has 4 nitrogen and oxygen atoms in total. The van der Waals surface area contributed by atoms with Crippen LogP contribution in [0.2, 0.25) is 0 Å². The lowest BCUT2D eigenvalue weighted by molar-refractivity contribution is 0.229. The van der Waals surface area contributed by atoms with Crippen LogP contribution < -0.4 is 5.32 Å². The van der Waals surface area contributed by atoms with Gasteiger partial charge in [-0.2, -0.15) is 5.10 Å². The Morgan fingerprint density at radius 2 is 2.12 bits per heavy atom. The van der Waals surface area contributed by atoms with E-state index in [0.717, 1.165) is 35.4 Å². The smallest absolute Gasteiger partial charge is 0.0739 e. The van der Waals surface area contributed by atoms with E-state index < -0.39 is 0 Å². The number of halogens is 1. The molecule has 0 atom stereocenters. The van der Waals surface area contributed by atoms with Gasteiger partial charge in [0.25, 0.3) is 0 Å². The molecular formula is C12H22BrN3O. The summed E-state index contributed by atoms with van der Waals surface area (Å²) in [6.07, 6.45) is 0.740. The fourth-order valence-corrected chi connectivity index (χ4v) is 2.15. The van der Waals surface area contributed by atoms with Gasteiger partial charge >= 0.3 is 0 Å². The minimum atomic E-state index is -0.0645. The van der Waals surface area contributed by atoms with Crippen molar-refractivity contribution in [3.8, 4) is 0 Å². The molecule has 0 aromatic carbocycles. The third-order valence-corrected chi connectivity index (χ3v) is 3.96. The third-order valence-electron chi connectivity index (χ3n) is 2.92. The van der Waals surface area contributed by atoms with Gasteiger partial charge in [0.15, 0.2) is 0 Å². The fourth-order valence-electron chi connectivity index (χ4n) is 1.73. The summed E-state index contributed by atoms with van der Waals surface area (Å²) in [7, 11) is 0. The number of aliphatic hydroxyl groups excluding tert-OH is 1. The summed E-state index contributed by atoms with van der Waals surface area (Å²) < 4.78 is 3.08. The predicted molar refractivity (Wildman–Crippen MR) is 73.0 cm³/mol. The lowest BCUT2D eigenvalue weighted by Crippen LogP contribution is -2.40. The maximum absolute atomic E-state index is 8.99. The second-order valence-electron chi connectivity index (χ2n) is 4.87. The van der Waals surface area contributed by atoms with Crippen molar-refractivity contribution in [3.63, 3.8) is 0 Å². The molecule has 0 spiro atoms. The largest absolute Gasteiger partial charge is 0.396 e. The molecule has 0 unspecified atom stereocenters. The van der Waals surface area contributed by atoms with Crippen molar-refractivity contribution in [2.45, 2.75) is 52.7 Å². The first-order valence-corrected chi connectivity index (χ1v) is 6.78. The molecule has 0 aliphatic carbocycles. The van der Waals surface area contributed by atoms with Gasteiger partial charge in [0.2, 0.25) is 0 Å². The highest BCUT2D eigenvalue weighted by atomic mass is 79.9. The van der Waals surface area contributed by atoms with E-state index in [4.69, 9.17) is 5.11 Å². The summed E-state index contributed by atoms with van der Waals surface area (Å²) in [5.74, 6) is 0. The lowest BCUT2D eigenvalue weighted by Gasteiger charge is -2.25. The van der Waals surface area contributed by atoms with E-state index in [-0.39, 0.29) is 12.1 Å². The number of rotatable bonds is 6.